The first-order chi connectivity index (χ1) is 13.6. The third-order valence-corrected chi connectivity index (χ3v) is 4.69. The molecule has 0 aliphatic heterocycles. The highest BCUT2D eigenvalue weighted by atomic mass is 19.1. The van der Waals surface area contributed by atoms with Crippen LogP contribution in [-0.2, 0) is 13.1 Å². The van der Waals surface area contributed by atoms with Crippen LogP contribution < -0.4 is 15.4 Å². The third-order valence-electron chi connectivity index (χ3n) is 4.69. The summed E-state index contributed by atoms with van der Waals surface area (Å²) in [7, 11) is 1.67. The van der Waals surface area contributed by atoms with E-state index in [4.69, 9.17) is 10.00 Å². The normalized spacial score (nSPS) is 13.7. The van der Waals surface area contributed by atoms with Gasteiger partial charge < -0.3 is 15.4 Å². The minimum atomic E-state index is -0.406. The average molecular weight is 380 g/mol. The maximum atomic E-state index is 14.0. The lowest BCUT2D eigenvalue weighted by atomic mass is 10.1. The van der Waals surface area contributed by atoms with Crippen molar-refractivity contribution >= 4 is 5.96 Å². The number of aliphatic imine (C=N–C) groups is 1. The van der Waals surface area contributed by atoms with Crippen molar-refractivity contribution < 1.29 is 9.13 Å². The summed E-state index contributed by atoms with van der Waals surface area (Å²) in [6.07, 6.45) is 2.50. The molecule has 3 rings (SSSR count). The van der Waals surface area contributed by atoms with Gasteiger partial charge in [-0.2, -0.15) is 5.26 Å². The van der Waals surface area contributed by atoms with Crippen molar-refractivity contribution in [3.63, 3.8) is 0 Å². The number of nitrogens with zero attached hydrogens (tertiary/aromatic N) is 2. The number of hydrogen-bond acceptors (Lipinski definition) is 3. The quantitative estimate of drug-likeness (QED) is 0.568. The van der Waals surface area contributed by atoms with Gasteiger partial charge in [-0.15, -0.1) is 0 Å². The van der Waals surface area contributed by atoms with E-state index in [2.05, 4.69) is 33.8 Å². The van der Waals surface area contributed by atoms with Crippen LogP contribution in [0.15, 0.2) is 41.4 Å². The molecule has 6 heteroatoms. The lowest BCUT2D eigenvalue weighted by Crippen LogP contribution is -2.36. The summed E-state index contributed by atoms with van der Waals surface area (Å²) in [5.41, 5.74) is 3.00. The maximum absolute atomic E-state index is 14.0. The zero-order chi connectivity index (χ0) is 19.9. The summed E-state index contributed by atoms with van der Waals surface area (Å²) in [5, 5.41) is 15.2. The second-order valence-electron chi connectivity index (χ2n) is 7.06. The minimum Gasteiger partial charge on any atom is -0.493 e. The summed E-state index contributed by atoms with van der Waals surface area (Å²) >= 11 is 0. The van der Waals surface area contributed by atoms with Crippen molar-refractivity contribution in [2.45, 2.75) is 32.9 Å². The molecule has 0 atom stereocenters. The summed E-state index contributed by atoms with van der Waals surface area (Å²) in [5.74, 6) is 1.75. The van der Waals surface area contributed by atoms with Crippen LogP contribution in [0.5, 0.6) is 5.75 Å². The van der Waals surface area contributed by atoms with Gasteiger partial charge in [-0.05, 0) is 49.4 Å². The van der Waals surface area contributed by atoms with Gasteiger partial charge in [0.15, 0.2) is 5.96 Å². The van der Waals surface area contributed by atoms with E-state index < -0.39 is 5.82 Å². The number of nitrogens with one attached hydrogen (secondary N) is 2. The molecule has 1 aliphatic carbocycles. The van der Waals surface area contributed by atoms with Gasteiger partial charge in [0.2, 0.25) is 0 Å². The number of guanidine groups is 1. The van der Waals surface area contributed by atoms with Crippen LogP contribution in [0.2, 0.25) is 0 Å². The van der Waals surface area contributed by atoms with Gasteiger partial charge in [0.1, 0.15) is 11.6 Å². The van der Waals surface area contributed by atoms with Crippen molar-refractivity contribution in [3.05, 3.63) is 64.5 Å². The van der Waals surface area contributed by atoms with Gasteiger partial charge in [0.25, 0.3) is 0 Å². The number of rotatable bonds is 7. The predicted octanol–water partition coefficient (Wildman–Crippen LogP) is 3.66. The van der Waals surface area contributed by atoms with Crippen molar-refractivity contribution in [1.82, 2.24) is 10.6 Å². The van der Waals surface area contributed by atoms with Gasteiger partial charge in [-0.3, -0.25) is 4.99 Å². The molecule has 0 radical (unpaired) electrons. The Bertz CT molecular complexity index is 900. The van der Waals surface area contributed by atoms with Gasteiger partial charge in [0.05, 0.1) is 18.2 Å². The highest BCUT2D eigenvalue weighted by molar-refractivity contribution is 5.79. The Balaban J connectivity index is 1.57. The van der Waals surface area contributed by atoms with Crippen LogP contribution in [0.1, 0.15) is 35.1 Å². The van der Waals surface area contributed by atoms with E-state index in [1.165, 1.54) is 18.9 Å². The standard InChI is InChI=1S/C22H25FN4O/c1-15-3-7-19(21(9-15)28-14-16-4-5-16)13-27-22(25-2)26-12-18-8-6-17(11-24)10-20(18)23/h3,6-10,16H,4-5,12-14H2,1-2H3,(H2,25,26,27). The van der Waals surface area contributed by atoms with E-state index >= 15 is 0 Å². The Kier molecular flexibility index (Phi) is 6.49. The number of benzene rings is 2. The van der Waals surface area contributed by atoms with Gasteiger partial charge in [0, 0.05) is 31.3 Å². The van der Waals surface area contributed by atoms with E-state index in [0.717, 1.165) is 23.5 Å². The fourth-order valence-corrected chi connectivity index (χ4v) is 2.77. The van der Waals surface area contributed by atoms with Crippen molar-refractivity contribution in [3.8, 4) is 11.8 Å². The Labute approximate surface area is 165 Å². The molecular formula is C22H25FN4O. The molecular weight excluding hydrogens is 355 g/mol. The highest BCUT2D eigenvalue weighted by Gasteiger charge is 2.22. The molecule has 0 amide bonds. The predicted molar refractivity (Wildman–Crippen MR) is 108 cm³/mol. The molecule has 0 aromatic heterocycles. The van der Waals surface area contributed by atoms with Crippen LogP contribution >= 0.6 is 0 Å². The lowest BCUT2D eigenvalue weighted by molar-refractivity contribution is 0.296. The van der Waals surface area contributed by atoms with Crippen molar-refractivity contribution in [2.75, 3.05) is 13.7 Å². The molecule has 28 heavy (non-hydrogen) atoms. The van der Waals surface area contributed by atoms with Crippen LogP contribution in [0.25, 0.3) is 0 Å². The summed E-state index contributed by atoms with van der Waals surface area (Å²) < 4.78 is 20.0. The van der Waals surface area contributed by atoms with E-state index in [-0.39, 0.29) is 6.54 Å². The van der Waals surface area contributed by atoms with Gasteiger partial charge >= 0.3 is 0 Å². The molecule has 0 spiro atoms. The molecule has 5 nitrogen and oxygen atoms in total. The Morgan fingerprint density at radius 3 is 2.54 bits per heavy atom. The van der Waals surface area contributed by atoms with Crippen molar-refractivity contribution in [2.24, 2.45) is 10.9 Å². The summed E-state index contributed by atoms with van der Waals surface area (Å²) in [6, 6.07) is 12.6. The Morgan fingerprint density at radius 1 is 1.18 bits per heavy atom. The van der Waals surface area contributed by atoms with Crippen LogP contribution in [0, 0.1) is 30.0 Å². The monoisotopic (exact) mass is 380 g/mol. The third kappa shape index (κ3) is 5.46. The molecule has 0 unspecified atom stereocenters. The molecule has 2 aromatic carbocycles. The average Bonchev–Trinajstić information content (AvgIpc) is 3.53. The second kappa shape index (κ2) is 9.23. The number of halogens is 1. The zero-order valence-corrected chi connectivity index (χ0v) is 16.3. The number of hydrogen-bond donors (Lipinski definition) is 2. The molecule has 2 N–H and O–H groups in total. The first-order valence-electron chi connectivity index (χ1n) is 9.44. The molecule has 1 saturated carbocycles. The smallest absolute Gasteiger partial charge is 0.191 e. The van der Waals surface area contributed by atoms with E-state index in [9.17, 15) is 4.39 Å². The van der Waals surface area contributed by atoms with Crippen molar-refractivity contribution in [1.29, 1.82) is 5.26 Å². The van der Waals surface area contributed by atoms with E-state index in [1.807, 2.05) is 13.0 Å². The van der Waals surface area contributed by atoms with Gasteiger partial charge in [-0.25, -0.2) is 4.39 Å². The fraction of sp³-hybridized carbons (Fsp3) is 0.364. The lowest BCUT2D eigenvalue weighted by Gasteiger charge is -2.15. The molecule has 2 aromatic rings. The molecule has 0 heterocycles. The summed E-state index contributed by atoms with van der Waals surface area (Å²) in [4.78, 5) is 4.19. The SMILES string of the molecule is CN=C(NCc1ccc(C#N)cc1F)NCc1ccc(C)cc1OCC1CC1. The van der Waals surface area contributed by atoms with E-state index in [1.54, 1.807) is 19.2 Å². The Morgan fingerprint density at radius 2 is 1.89 bits per heavy atom. The van der Waals surface area contributed by atoms with Crippen LogP contribution in [0.4, 0.5) is 4.39 Å². The minimum absolute atomic E-state index is 0.274. The van der Waals surface area contributed by atoms with E-state index in [0.29, 0.717) is 29.5 Å². The molecule has 0 saturated heterocycles. The highest BCUT2D eigenvalue weighted by Crippen LogP contribution is 2.30. The summed E-state index contributed by atoms with van der Waals surface area (Å²) in [6.45, 7) is 3.64. The van der Waals surface area contributed by atoms with Crippen LogP contribution in [0.3, 0.4) is 0 Å². The maximum Gasteiger partial charge on any atom is 0.191 e. The second-order valence-corrected chi connectivity index (χ2v) is 7.06. The number of aryl methyl sites for hydroxylation is 1. The largest absolute Gasteiger partial charge is 0.493 e. The molecule has 0 bridgehead atoms. The zero-order valence-electron chi connectivity index (χ0n) is 16.3. The molecule has 146 valence electrons. The first-order valence-corrected chi connectivity index (χ1v) is 9.44. The first kappa shape index (κ1) is 19.7. The molecule has 1 fully saturated rings. The van der Waals surface area contributed by atoms with Gasteiger partial charge in [-0.1, -0.05) is 18.2 Å². The Hall–Kier alpha value is -3.07. The number of ether oxygens (including phenoxy) is 1. The fourth-order valence-electron chi connectivity index (χ4n) is 2.77. The topological polar surface area (TPSA) is 69.4 Å². The van der Waals surface area contributed by atoms with Crippen LogP contribution in [-0.4, -0.2) is 19.6 Å². The molecule has 1 aliphatic rings. The number of nitriles is 1.